The van der Waals surface area contributed by atoms with Crippen LogP contribution in [0.1, 0.15) is 19.8 Å². The third kappa shape index (κ3) is 6.63. The van der Waals surface area contributed by atoms with Crippen LogP contribution in [0.4, 0.5) is 0 Å². The van der Waals surface area contributed by atoms with E-state index in [2.05, 4.69) is 5.32 Å². The van der Waals surface area contributed by atoms with Crippen molar-refractivity contribution in [3.63, 3.8) is 0 Å². The van der Waals surface area contributed by atoms with Gasteiger partial charge in [-0.1, -0.05) is 0 Å². The van der Waals surface area contributed by atoms with Crippen LogP contribution in [-0.2, 0) is 4.79 Å². The zero-order valence-corrected chi connectivity index (χ0v) is 12.7. The number of rotatable bonds is 8. The number of nitrogens with one attached hydrogen (secondary N) is 1. The van der Waals surface area contributed by atoms with Crippen LogP contribution in [-0.4, -0.2) is 32.2 Å². The Morgan fingerprint density at radius 3 is 2.40 bits per heavy atom. The number of benzene rings is 1. The monoisotopic (exact) mass is 302 g/mol. The minimum Gasteiger partial charge on any atom is -0.497 e. The van der Waals surface area contributed by atoms with Crippen molar-refractivity contribution in [2.45, 2.75) is 25.9 Å². The first-order chi connectivity index (χ1) is 9.17. The van der Waals surface area contributed by atoms with E-state index in [1.54, 1.807) is 38.3 Å². The Morgan fingerprint density at radius 2 is 1.85 bits per heavy atom. The topological polar surface area (TPSA) is 73.6 Å². The molecular weight excluding hydrogens is 280 g/mol. The maximum atomic E-state index is 11.7. The maximum absolute atomic E-state index is 11.7. The number of carbonyl (C=O) groups excluding carboxylic acids is 1. The van der Waals surface area contributed by atoms with Gasteiger partial charge in [-0.3, -0.25) is 4.79 Å². The van der Waals surface area contributed by atoms with Crippen LogP contribution in [0.15, 0.2) is 24.3 Å². The Bertz CT molecular complexity index is 385. The lowest BCUT2D eigenvalue weighted by molar-refractivity contribution is -0.127. The summed E-state index contributed by atoms with van der Waals surface area (Å²) < 4.78 is 10.6. The third-order valence-corrected chi connectivity index (χ3v) is 2.67. The van der Waals surface area contributed by atoms with E-state index in [0.717, 1.165) is 18.6 Å². The van der Waals surface area contributed by atoms with Crippen molar-refractivity contribution in [2.24, 2.45) is 5.73 Å². The Kier molecular flexibility index (Phi) is 9.59. The Balaban J connectivity index is 0.00000361. The molecule has 0 aliphatic carbocycles. The predicted octanol–water partition coefficient (Wildman–Crippen LogP) is 1.74. The molecule has 6 heteroatoms. The highest BCUT2D eigenvalue weighted by molar-refractivity contribution is 5.85. The summed E-state index contributed by atoms with van der Waals surface area (Å²) in [6.45, 7) is 3.00. The largest absolute Gasteiger partial charge is 0.497 e. The number of carbonyl (C=O) groups is 1. The fourth-order valence-electron chi connectivity index (χ4n) is 1.54. The molecule has 0 aliphatic rings. The van der Waals surface area contributed by atoms with Crippen LogP contribution in [0.25, 0.3) is 0 Å². The average Bonchev–Trinajstić information content (AvgIpc) is 2.44. The van der Waals surface area contributed by atoms with Crippen molar-refractivity contribution < 1.29 is 14.3 Å². The number of nitrogens with two attached hydrogens (primary N) is 1. The first-order valence-electron chi connectivity index (χ1n) is 6.46. The molecule has 0 aromatic heterocycles. The molecule has 1 atom stereocenters. The summed E-state index contributed by atoms with van der Waals surface area (Å²) in [5.74, 6) is 1.28. The summed E-state index contributed by atoms with van der Waals surface area (Å²) in [4.78, 5) is 11.7. The van der Waals surface area contributed by atoms with E-state index in [9.17, 15) is 4.79 Å². The van der Waals surface area contributed by atoms with Crippen LogP contribution < -0.4 is 20.5 Å². The zero-order chi connectivity index (χ0) is 14.1. The average molecular weight is 303 g/mol. The lowest BCUT2D eigenvalue weighted by Crippen LogP contribution is -2.36. The summed E-state index contributed by atoms with van der Waals surface area (Å²) in [6, 6.07) is 7.14. The number of hydrogen-bond donors (Lipinski definition) is 2. The normalized spacial score (nSPS) is 11.2. The minimum atomic E-state index is -0.522. The van der Waals surface area contributed by atoms with E-state index < -0.39 is 6.10 Å². The molecule has 0 saturated heterocycles. The summed E-state index contributed by atoms with van der Waals surface area (Å²) in [5, 5.41) is 2.82. The SMILES string of the molecule is COc1ccc(OC(C)C(=O)NCCCCN)cc1.Cl. The minimum absolute atomic E-state index is 0. The highest BCUT2D eigenvalue weighted by Crippen LogP contribution is 2.18. The first-order valence-corrected chi connectivity index (χ1v) is 6.46. The lowest BCUT2D eigenvalue weighted by Gasteiger charge is -2.14. The summed E-state index contributed by atoms with van der Waals surface area (Å²) in [7, 11) is 1.60. The molecule has 1 aromatic carbocycles. The van der Waals surface area contributed by atoms with Crippen LogP contribution in [0.2, 0.25) is 0 Å². The third-order valence-electron chi connectivity index (χ3n) is 2.67. The van der Waals surface area contributed by atoms with Crippen LogP contribution in [0.3, 0.4) is 0 Å². The van der Waals surface area contributed by atoms with Crippen molar-refractivity contribution in [1.82, 2.24) is 5.32 Å². The Hall–Kier alpha value is -1.46. The first kappa shape index (κ1) is 18.5. The molecule has 1 unspecified atom stereocenters. The van der Waals surface area contributed by atoms with Crippen LogP contribution >= 0.6 is 12.4 Å². The number of methoxy groups -OCH3 is 1. The second kappa shape index (κ2) is 10.3. The van der Waals surface area contributed by atoms with Gasteiger partial charge in [0.25, 0.3) is 5.91 Å². The van der Waals surface area contributed by atoms with Gasteiger partial charge in [-0.25, -0.2) is 0 Å². The van der Waals surface area contributed by atoms with Crippen molar-refractivity contribution >= 4 is 18.3 Å². The maximum Gasteiger partial charge on any atom is 0.260 e. The highest BCUT2D eigenvalue weighted by Gasteiger charge is 2.13. The van der Waals surface area contributed by atoms with Gasteiger partial charge in [0.2, 0.25) is 0 Å². The van der Waals surface area contributed by atoms with E-state index in [1.807, 2.05) is 0 Å². The smallest absolute Gasteiger partial charge is 0.260 e. The molecule has 0 aliphatic heterocycles. The van der Waals surface area contributed by atoms with Crippen LogP contribution in [0, 0.1) is 0 Å². The second-order valence-corrected chi connectivity index (χ2v) is 4.22. The molecule has 1 amide bonds. The fourth-order valence-corrected chi connectivity index (χ4v) is 1.54. The Morgan fingerprint density at radius 1 is 1.25 bits per heavy atom. The van der Waals surface area contributed by atoms with Gasteiger partial charge in [0.05, 0.1) is 7.11 Å². The molecule has 0 spiro atoms. The molecule has 0 bridgehead atoms. The summed E-state index contributed by atoms with van der Waals surface area (Å²) in [6.07, 6.45) is 1.28. The van der Waals surface area contributed by atoms with Gasteiger partial charge >= 0.3 is 0 Å². The van der Waals surface area contributed by atoms with Gasteiger partial charge in [0, 0.05) is 6.54 Å². The number of ether oxygens (including phenoxy) is 2. The van der Waals surface area contributed by atoms with Gasteiger partial charge in [-0.2, -0.15) is 0 Å². The molecule has 0 radical (unpaired) electrons. The van der Waals surface area contributed by atoms with Crippen LogP contribution in [0.5, 0.6) is 11.5 Å². The quantitative estimate of drug-likeness (QED) is 0.717. The van der Waals surface area contributed by atoms with Crippen molar-refractivity contribution in [3.8, 4) is 11.5 Å². The molecule has 0 fully saturated rings. The van der Waals surface area contributed by atoms with Crippen molar-refractivity contribution in [3.05, 3.63) is 24.3 Å². The molecule has 20 heavy (non-hydrogen) atoms. The van der Waals surface area contributed by atoms with E-state index in [0.29, 0.717) is 18.8 Å². The highest BCUT2D eigenvalue weighted by atomic mass is 35.5. The molecule has 114 valence electrons. The van der Waals surface area contributed by atoms with E-state index >= 15 is 0 Å². The Labute approximate surface area is 126 Å². The molecule has 1 rings (SSSR count). The number of halogens is 1. The molecule has 0 heterocycles. The van der Waals surface area contributed by atoms with E-state index in [-0.39, 0.29) is 18.3 Å². The van der Waals surface area contributed by atoms with Crippen molar-refractivity contribution in [1.29, 1.82) is 0 Å². The van der Waals surface area contributed by atoms with Gasteiger partial charge in [-0.15, -0.1) is 12.4 Å². The predicted molar refractivity (Wildman–Crippen MR) is 81.6 cm³/mol. The lowest BCUT2D eigenvalue weighted by atomic mass is 10.3. The van der Waals surface area contributed by atoms with Gasteiger partial charge in [0.15, 0.2) is 6.10 Å². The number of amides is 1. The van der Waals surface area contributed by atoms with Gasteiger partial charge in [-0.05, 0) is 50.6 Å². The van der Waals surface area contributed by atoms with Gasteiger partial charge < -0.3 is 20.5 Å². The van der Waals surface area contributed by atoms with Gasteiger partial charge in [0.1, 0.15) is 11.5 Å². The fraction of sp³-hybridized carbons (Fsp3) is 0.500. The molecule has 3 N–H and O–H groups in total. The molecular formula is C14H23ClN2O3. The number of unbranched alkanes of at least 4 members (excludes halogenated alkanes) is 1. The van der Waals surface area contributed by atoms with Crippen molar-refractivity contribution in [2.75, 3.05) is 20.2 Å². The summed E-state index contributed by atoms with van der Waals surface area (Å²) >= 11 is 0. The standard InChI is InChI=1S/C14H22N2O3.ClH/c1-11(14(17)16-10-4-3-9-15)19-13-7-5-12(18-2)6-8-13;/h5-8,11H,3-4,9-10,15H2,1-2H3,(H,16,17);1H. The molecule has 5 nitrogen and oxygen atoms in total. The molecule has 1 aromatic rings. The van der Waals surface area contributed by atoms with E-state index in [4.69, 9.17) is 15.2 Å². The molecule has 0 saturated carbocycles. The zero-order valence-electron chi connectivity index (χ0n) is 11.9. The number of hydrogen-bond acceptors (Lipinski definition) is 4. The summed E-state index contributed by atoms with van der Waals surface area (Å²) in [5.41, 5.74) is 5.38. The second-order valence-electron chi connectivity index (χ2n) is 4.22. The van der Waals surface area contributed by atoms with E-state index in [1.165, 1.54) is 0 Å².